The highest BCUT2D eigenvalue weighted by atomic mass is 16.2. The summed E-state index contributed by atoms with van der Waals surface area (Å²) in [6, 6.07) is 7.56. The number of nitrogens with one attached hydrogen (secondary N) is 2. The van der Waals surface area contributed by atoms with Gasteiger partial charge in [0.25, 0.3) is 0 Å². The number of aliphatic imine (C=N–C) groups is 1. The number of urea groups is 1. The van der Waals surface area contributed by atoms with Crippen LogP contribution >= 0.6 is 0 Å². The van der Waals surface area contributed by atoms with Crippen LogP contribution in [0.1, 0.15) is 12.0 Å². The van der Waals surface area contributed by atoms with Gasteiger partial charge in [0, 0.05) is 38.4 Å². The van der Waals surface area contributed by atoms with Gasteiger partial charge in [-0.05, 0) is 30.7 Å². The van der Waals surface area contributed by atoms with Crippen molar-refractivity contribution < 1.29 is 4.79 Å². The largest absolute Gasteiger partial charge is 0.370 e. The van der Waals surface area contributed by atoms with Crippen LogP contribution in [-0.2, 0) is 0 Å². The van der Waals surface area contributed by atoms with Crippen molar-refractivity contribution in [1.82, 2.24) is 10.2 Å². The van der Waals surface area contributed by atoms with E-state index in [1.807, 2.05) is 24.3 Å². The monoisotopic (exact) mass is 246 g/mol. The van der Waals surface area contributed by atoms with Crippen LogP contribution in [-0.4, -0.2) is 44.0 Å². The Morgan fingerprint density at radius 2 is 2.06 bits per heavy atom. The van der Waals surface area contributed by atoms with E-state index in [0.29, 0.717) is 0 Å². The summed E-state index contributed by atoms with van der Waals surface area (Å²) in [5.74, 6) is 0.937. The highest BCUT2D eigenvalue weighted by molar-refractivity contribution is 5.99. The highest BCUT2D eigenvalue weighted by Gasteiger charge is 2.07. The second-order valence-electron chi connectivity index (χ2n) is 4.41. The maximum atomic E-state index is 11.5. The minimum atomic E-state index is -0.129. The van der Waals surface area contributed by atoms with Gasteiger partial charge in [0.05, 0.1) is 0 Å². The van der Waals surface area contributed by atoms with Crippen molar-refractivity contribution in [1.29, 1.82) is 0 Å². The highest BCUT2D eigenvalue weighted by Crippen LogP contribution is 2.11. The first-order valence-corrected chi connectivity index (χ1v) is 6.04. The predicted molar refractivity (Wildman–Crippen MR) is 73.2 cm³/mol. The second kappa shape index (κ2) is 5.53. The van der Waals surface area contributed by atoms with Gasteiger partial charge in [-0.3, -0.25) is 4.99 Å². The van der Waals surface area contributed by atoms with Crippen molar-refractivity contribution in [3.63, 3.8) is 0 Å². The third kappa shape index (κ3) is 3.00. The Morgan fingerprint density at radius 1 is 1.33 bits per heavy atom. The number of hydrogen-bond donors (Lipinski definition) is 2. The molecule has 2 rings (SSSR count). The summed E-state index contributed by atoms with van der Waals surface area (Å²) < 4.78 is 0. The van der Waals surface area contributed by atoms with Gasteiger partial charge in [-0.2, -0.15) is 0 Å². The van der Waals surface area contributed by atoms with Crippen molar-refractivity contribution in [2.75, 3.05) is 32.5 Å². The molecule has 2 amide bonds. The molecule has 5 nitrogen and oxygen atoms in total. The molecule has 18 heavy (non-hydrogen) atoms. The van der Waals surface area contributed by atoms with E-state index in [1.165, 1.54) is 4.90 Å². The van der Waals surface area contributed by atoms with Gasteiger partial charge in [-0.1, -0.05) is 0 Å². The number of hydrogen-bond acceptors (Lipinski definition) is 3. The Kier molecular flexibility index (Phi) is 3.82. The Balaban J connectivity index is 2.05. The van der Waals surface area contributed by atoms with Crippen molar-refractivity contribution in [2.24, 2.45) is 4.99 Å². The molecule has 1 aromatic carbocycles. The Labute approximate surface area is 107 Å². The van der Waals surface area contributed by atoms with E-state index in [2.05, 4.69) is 15.6 Å². The maximum absolute atomic E-state index is 11.5. The van der Waals surface area contributed by atoms with E-state index in [1.54, 1.807) is 14.1 Å². The van der Waals surface area contributed by atoms with E-state index < -0.39 is 0 Å². The SMILES string of the molecule is CN(C)C(=O)Nc1ccc(C2=NCCCN2)cc1. The molecule has 1 aliphatic heterocycles. The molecular formula is C13H18N4O. The second-order valence-corrected chi connectivity index (χ2v) is 4.41. The molecule has 0 radical (unpaired) electrons. The lowest BCUT2D eigenvalue weighted by atomic mass is 10.1. The Morgan fingerprint density at radius 3 is 2.61 bits per heavy atom. The molecule has 0 atom stereocenters. The van der Waals surface area contributed by atoms with Crippen LogP contribution in [0.4, 0.5) is 10.5 Å². The number of amides is 2. The molecule has 0 spiro atoms. The normalized spacial score (nSPS) is 14.4. The molecular weight excluding hydrogens is 228 g/mol. The minimum absolute atomic E-state index is 0.129. The number of amidine groups is 1. The topological polar surface area (TPSA) is 56.7 Å². The molecule has 0 fully saturated rings. The maximum Gasteiger partial charge on any atom is 0.321 e. The third-order valence-electron chi connectivity index (χ3n) is 2.71. The molecule has 0 saturated heterocycles. The number of rotatable bonds is 2. The van der Waals surface area contributed by atoms with Crippen LogP contribution in [0, 0.1) is 0 Å². The fraction of sp³-hybridized carbons (Fsp3) is 0.385. The van der Waals surface area contributed by atoms with Crippen molar-refractivity contribution in [2.45, 2.75) is 6.42 Å². The Bertz CT molecular complexity index is 451. The zero-order valence-corrected chi connectivity index (χ0v) is 10.7. The summed E-state index contributed by atoms with van der Waals surface area (Å²) in [5.41, 5.74) is 1.84. The standard InChI is InChI=1S/C13H18N4O/c1-17(2)13(18)16-11-6-4-10(5-7-11)12-14-8-3-9-15-12/h4-7H,3,8-9H2,1-2H3,(H,14,15)(H,16,18). The van der Waals surface area contributed by atoms with E-state index in [0.717, 1.165) is 36.6 Å². The molecule has 5 heteroatoms. The molecule has 0 bridgehead atoms. The van der Waals surface area contributed by atoms with E-state index in [4.69, 9.17) is 0 Å². The molecule has 0 aromatic heterocycles. The first kappa shape index (κ1) is 12.4. The lowest BCUT2D eigenvalue weighted by molar-refractivity contribution is 0.230. The van der Waals surface area contributed by atoms with Crippen LogP contribution in [0.25, 0.3) is 0 Å². The fourth-order valence-electron chi connectivity index (χ4n) is 1.67. The van der Waals surface area contributed by atoms with Gasteiger partial charge in [0.15, 0.2) is 0 Å². The molecule has 0 aliphatic carbocycles. The molecule has 2 N–H and O–H groups in total. The zero-order valence-electron chi connectivity index (χ0n) is 10.7. The number of carbonyl (C=O) groups is 1. The van der Waals surface area contributed by atoms with Crippen molar-refractivity contribution >= 4 is 17.6 Å². The van der Waals surface area contributed by atoms with E-state index >= 15 is 0 Å². The van der Waals surface area contributed by atoms with Gasteiger partial charge < -0.3 is 15.5 Å². The van der Waals surface area contributed by atoms with Crippen LogP contribution < -0.4 is 10.6 Å². The first-order chi connectivity index (χ1) is 8.66. The summed E-state index contributed by atoms with van der Waals surface area (Å²) in [7, 11) is 3.43. The average Bonchev–Trinajstić information content (AvgIpc) is 2.40. The number of nitrogens with zero attached hydrogens (tertiary/aromatic N) is 2. The molecule has 96 valence electrons. The van der Waals surface area contributed by atoms with Crippen molar-refractivity contribution in [3.8, 4) is 0 Å². The van der Waals surface area contributed by atoms with Crippen LogP contribution in [0.5, 0.6) is 0 Å². The molecule has 1 aliphatic rings. The quantitative estimate of drug-likeness (QED) is 0.831. The lowest BCUT2D eigenvalue weighted by Gasteiger charge is -2.15. The van der Waals surface area contributed by atoms with E-state index in [-0.39, 0.29) is 6.03 Å². The summed E-state index contributed by atoms with van der Waals surface area (Å²) in [5, 5.41) is 6.07. The summed E-state index contributed by atoms with van der Waals surface area (Å²) in [6.07, 6.45) is 1.08. The van der Waals surface area contributed by atoms with Gasteiger partial charge in [0.1, 0.15) is 5.84 Å². The molecule has 1 aromatic rings. The molecule has 1 heterocycles. The summed E-state index contributed by atoms with van der Waals surface area (Å²) in [6.45, 7) is 1.85. The third-order valence-corrected chi connectivity index (χ3v) is 2.71. The zero-order chi connectivity index (χ0) is 13.0. The first-order valence-electron chi connectivity index (χ1n) is 6.04. The minimum Gasteiger partial charge on any atom is -0.370 e. The van der Waals surface area contributed by atoms with Gasteiger partial charge >= 0.3 is 6.03 Å². The van der Waals surface area contributed by atoms with Crippen LogP contribution in [0.3, 0.4) is 0 Å². The fourth-order valence-corrected chi connectivity index (χ4v) is 1.67. The average molecular weight is 246 g/mol. The van der Waals surface area contributed by atoms with E-state index in [9.17, 15) is 4.79 Å². The lowest BCUT2D eigenvalue weighted by Crippen LogP contribution is -2.30. The number of anilines is 1. The Hall–Kier alpha value is -2.04. The van der Waals surface area contributed by atoms with Gasteiger partial charge in [-0.15, -0.1) is 0 Å². The van der Waals surface area contributed by atoms with Crippen LogP contribution in [0.2, 0.25) is 0 Å². The number of carbonyl (C=O) groups excluding carboxylic acids is 1. The summed E-state index contributed by atoms with van der Waals surface area (Å²) >= 11 is 0. The predicted octanol–water partition coefficient (Wildman–Crippen LogP) is 1.52. The van der Waals surface area contributed by atoms with Gasteiger partial charge in [0.2, 0.25) is 0 Å². The summed E-state index contributed by atoms with van der Waals surface area (Å²) in [4.78, 5) is 17.4. The van der Waals surface area contributed by atoms with Crippen LogP contribution in [0.15, 0.2) is 29.3 Å². The molecule has 0 saturated carbocycles. The van der Waals surface area contributed by atoms with Crippen molar-refractivity contribution in [3.05, 3.63) is 29.8 Å². The molecule has 0 unspecified atom stereocenters. The number of benzene rings is 1. The van der Waals surface area contributed by atoms with Gasteiger partial charge in [-0.25, -0.2) is 4.79 Å². The smallest absolute Gasteiger partial charge is 0.321 e.